The number of rotatable bonds is 2. The highest BCUT2D eigenvalue weighted by Crippen LogP contribution is 2.38. The highest BCUT2D eigenvalue weighted by molar-refractivity contribution is 6.34. The van der Waals surface area contributed by atoms with Gasteiger partial charge in [-0.15, -0.1) is 12.4 Å². The van der Waals surface area contributed by atoms with Crippen LogP contribution in [0.3, 0.4) is 0 Å². The van der Waals surface area contributed by atoms with E-state index >= 15 is 0 Å². The lowest BCUT2D eigenvalue weighted by Crippen LogP contribution is -2.54. The minimum Gasteiger partial charge on any atom is -0.486 e. The van der Waals surface area contributed by atoms with Crippen molar-refractivity contribution in [3.05, 3.63) is 17.2 Å². The van der Waals surface area contributed by atoms with Crippen molar-refractivity contribution >= 4 is 35.6 Å². The molecule has 3 N–H and O–H groups in total. The lowest BCUT2D eigenvalue weighted by molar-refractivity contribution is -0.124. The normalized spacial score (nSPS) is 19.0. The van der Waals surface area contributed by atoms with Gasteiger partial charge in [0.05, 0.1) is 10.7 Å². The molecule has 0 aromatic heterocycles. The van der Waals surface area contributed by atoms with Crippen LogP contribution in [0.1, 0.15) is 12.8 Å². The van der Waals surface area contributed by atoms with Gasteiger partial charge in [0.15, 0.2) is 11.5 Å². The highest BCUT2D eigenvalue weighted by atomic mass is 35.5. The zero-order valence-corrected chi connectivity index (χ0v) is 13.5. The Labute approximate surface area is 139 Å². The minimum absolute atomic E-state index is 0. The van der Waals surface area contributed by atoms with Gasteiger partial charge in [-0.2, -0.15) is 0 Å². The van der Waals surface area contributed by atoms with Crippen molar-refractivity contribution in [2.24, 2.45) is 5.73 Å². The van der Waals surface area contributed by atoms with Gasteiger partial charge in [-0.25, -0.2) is 0 Å². The Morgan fingerprint density at radius 3 is 2.36 bits per heavy atom. The molecule has 1 fully saturated rings. The molecular weight excluding hydrogens is 331 g/mol. The second-order valence-electron chi connectivity index (χ2n) is 5.20. The molecule has 6 nitrogen and oxygen atoms in total. The van der Waals surface area contributed by atoms with Gasteiger partial charge in [0.25, 0.3) is 0 Å². The molecule has 0 saturated carbocycles. The molecule has 0 atom stereocenters. The number of anilines is 1. The number of hydrogen-bond donors (Lipinski definition) is 2. The summed E-state index contributed by atoms with van der Waals surface area (Å²) >= 11 is 6.17. The molecule has 2 heterocycles. The van der Waals surface area contributed by atoms with Gasteiger partial charge >= 0.3 is 0 Å². The van der Waals surface area contributed by atoms with Crippen LogP contribution in [0.2, 0.25) is 5.02 Å². The van der Waals surface area contributed by atoms with Crippen molar-refractivity contribution in [3.63, 3.8) is 0 Å². The van der Waals surface area contributed by atoms with Gasteiger partial charge in [0.2, 0.25) is 5.91 Å². The van der Waals surface area contributed by atoms with Crippen LogP contribution in [-0.4, -0.2) is 37.9 Å². The second-order valence-corrected chi connectivity index (χ2v) is 5.61. The predicted octanol–water partition coefficient (Wildman–Crippen LogP) is 1.98. The van der Waals surface area contributed by atoms with Crippen LogP contribution in [-0.2, 0) is 9.53 Å². The van der Waals surface area contributed by atoms with Gasteiger partial charge in [-0.05, 0) is 12.8 Å². The number of carbonyl (C=O) groups is 1. The van der Waals surface area contributed by atoms with Crippen molar-refractivity contribution < 1.29 is 19.0 Å². The van der Waals surface area contributed by atoms with Crippen molar-refractivity contribution in [1.29, 1.82) is 0 Å². The number of halogens is 2. The van der Waals surface area contributed by atoms with E-state index in [0.717, 1.165) is 0 Å². The Hall–Kier alpha value is -1.21. The molecular formula is C14H18Cl2N2O4. The SMILES string of the molecule is Cl.NC1(C(=O)Nc2cc3c(cc2Cl)OCCO3)CCOCC1. The Kier molecular flexibility index (Phi) is 5.39. The summed E-state index contributed by atoms with van der Waals surface area (Å²) in [6.45, 7) is 1.93. The number of nitrogens with two attached hydrogens (primary N) is 1. The first-order valence-electron chi connectivity index (χ1n) is 6.86. The number of ether oxygens (including phenoxy) is 3. The number of nitrogens with one attached hydrogen (secondary N) is 1. The van der Waals surface area contributed by atoms with Crippen LogP contribution in [0.15, 0.2) is 12.1 Å². The molecule has 1 amide bonds. The van der Waals surface area contributed by atoms with Gasteiger partial charge < -0.3 is 25.3 Å². The van der Waals surface area contributed by atoms with E-state index in [2.05, 4.69) is 5.32 Å². The van der Waals surface area contributed by atoms with Gasteiger partial charge in [0.1, 0.15) is 18.8 Å². The third-order valence-corrected chi connectivity index (χ3v) is 4.03. The van der Waals surface area contributed by atoms with Gasteiger partial charge in [-0.1, -0.05) is 11.6 Å². The van der Waals surface area contributed by atoms with Gasteiger partial charge in [0, 0.05) is 25.3 Å². The van der Waals surface area contributed by atoms with Crippen LogP contribution in [0, 0.1) is 0 Å². The summed E-state index contributed by atoms with van der Waals surface area (Å²) in [6.07, 6.45) is 0.974. The third kappa shape index (κ3) is 3.41. The molecule has 0 aliphatic carbocycles. The summed E-state index contributed by atoms with van der Waals surface area (Å²) in [4.78, 5) is 12.4. The van der Waals surface area contributed by atoms with Crippen LogP contribution >= 0.6 is 24.0 Å². The molecule has 2 aliphatic rings. The van der Waals surface area contributed by atoms with Crippen molar-refractivity contribution in [2.45, 2.75) is 18.4 Å². The number of hydrogen-bond acceptors (Lipinski definition) is 5. The minimum atomic E-state index is -0.922. The van der Waals surface area contributed by atoms with Crippen LogP contribution in [0.25, 0.3) is 0 Å². The number of fused-ring (bicyclic) bond motifs is 1. The number of benzene rings is 1. The van der Waals surface area contributed by atoms with E-state index in [0.29, 0.717) is 61.5 Å². The Morgan fingerprint density at radius 2 is 1.73 bits per heavy atom. The summed E-state index contributed by atoms with van der Waals surface area (Å²) in [5.74, 6) is 0.890. The summed E-state index contributed by atoms with van der Waals surface area (Å²) in [6, 6.07) is 3.30. The molecule has 0 unspecified atom stereocenters. The van der Waals surface area contributed by atoms with Crippen LogP contribution in [0.5, 0.6) is 11.5 Å². The molecule has 1 aromatic rings. The van der Waals surface area contributed by atoms with Crippen molar-refractivity contribution in [1.82, 2.24) is 0 Å². The quantitative estimate of drug-likeness (QED) is 0.853. The molecule has 0 spiro atoms. The maximum atomic E-state index is 12.4. The van der Waals surface area contributed by atoms with E-state index in [9.17, 15) is 4.79 Å². The Balaban J connectivity index is 0.00000176. The van der Waals surface area contributed by atoms with E-state index in [1.165, 1.54) is 0 Å². The Morgan fingerprint density at radius 1 is 1.14 bits per heavy atom. The molecule has 122 valence electrons. The summed E-state index contributed by atoms with van der Waals surface area (Å²) < 4.78 is 16.2. The summed E-state index contributed by atoms with van der Waals surface area (Å²) in [5, 5.41) is 3.18. The maximum Gasteiger partial charge on any atom is 0.244 e. The predicted molar refractivity (Wildman–Crippen MR) is 85.3 cm³/mol. The molecule has 22 heavy (non-hydrogen) atoms. The zero-order chi connectivity index (χ0) is 14.9. The standard InChI is InChI=1S/C14H17ClN2O4.ClH/c15-9-7-11-12(21-6-5-20-11)8-10(9)17-13(18)14(16)1-3-19-4-2-14;/h7-8H,1-6,16H2,(H,17,18);1H. The molecule has 2 aliphatic heterocycles. The third-order valence-electron chi connectivity index (χ3n) is 3.72. The van der Waals surface area contributed by atoms with Crippen molar-refractivity contribution in [2.75, 3.05) is 31.7 Å². The summed E-state index contributed by atoms with van der Waals surface area (Å²) in [5.41, 5.74) is 5.70. The fourth-order valence-corrected chi connectivity index (χ4v) is 2.57. The first-order valence-corrected chi connectivity index (χ1v) is 7.23. The second kappa shape index (κ2) is 6.91. The Bertz CT molecular complexity index is 562. The number of amides is 1. The summed E-state index contributed by atoms with van der Waals surface area (Å²) in [7, 11) is 0. The van der Waals surface area contributed by atoms with Crippen LogP contribution in [0.4, 0.5) is 5.69 Å². The lowest BCUT2D eigenvalue weighted by Gasteiger charge is -2.32. The average molecular weight is 349 g/mol. The smallest absolute Gasteiger partial charge is 0.244 e. The molecule has 0 radical (unpaired) electrons. The van der Waals surface area contributed by atoms with Crippen molar-refractivity contribution in [3.8, 4) is 11.5 Å². The zero-order valence-electron chi connectivity index (χ0n) is 11.9. The monoisotopic (exact) mass is 348 g/mol. The maximum absolute atomic E-state index is 12.4. The van der Waals surface area contributed by atoms with E-state index in [1.54, 1.807) is 12.1 Å². The van der Waals surface area contributed by atoms with Crippen LogP contribution < -0.4 is 20.5 Å². The molecule has 1 aromatic carbocycles. The average Bonchev–Trinajstić information content (AvgIpc) is 2.48. The molecule has 8 heteroatoms. The van der Waals surface area contributed by atoms with Gasteiger partial charge in [-0.3, -0.25) is 4.79 Å². The lowest BCUT2D eigenvalue weighted by atomic mass is 9.90. The first-order chi connectivity index (χ1) is 10.1. The molecule has 3 rings (SSSR count). The molecule has 0 bridgehead atoms. The fourth-order valence-electron chi connectivity index (χ4n) is 2.37. The first kappa shape index (κ1) is 17.1. The van der Waals surface area contributed by atoms with E-state index < -0.39 is 5.54 Å². The van der Waals surface area contributed by atoms with E-state index in [4.69, 9.17) is 31.5 Å². The topological polar surface area (TPSA) is 82.8 Å². The number of carbonyl (C=O) groups excluding carboxylic acids is 1. The largest absolute Gasteiger partial charge is 0.486 e. The fraction of sp³-hybridized carbons (Fsp3) is 0.500. The van der Waals surface area contributed by atoms with E-state index in [-0.39, 0.29) is 18.3 Å². The highest BCUT2D eigenvalue weighted by Gasteiger charge is 2.36. The molecule has 1 saturated heterocycles. The van der Waals surface area contributed by atoms with E-state index in [1.807, 2.05) is 0 Å².